The van der Waals surface area contributed by atoms with Gasteiger partial charge < -0.3 is 9.84 Å². The first-order valence-corrected chi connectivity index (χ1v) is 3.97. The van der Waals surface area contributed by atoms with Gasteiger partial charge in [0.15, 0.2) is 0 Å². The lowest BCUT2D eigenvalue weighted by Crippen LogP contribution is -2.24. The second-order valence-corrected chi connectivity index (χ2v) is 3.35. The number of hydrogen-bond acceptors (Lipinski definition) is 2. The van der Waals surface area contributed by atoms with Gasteiger partial charge in [-0.1, -0.05) is 22.6 Å². The average molecular weight is 228 g/mol. The zero-order chi connectivity index (χ0) is 5.98. The molecule has 1 N–H and O–H groups in total. The largest absolute Gasteiger partial charge is 0.393 e. The predicted octanol–water partition coefficient (Wildman–Crippen LogP) is 0.919. The molecule has 1 heterocycles. The van der Waals surface area contributed by atoms with Crippen LogP contribution >= 0.6 is 22.6 Å². The molecule has 3 heteroatoms. The first-order chi connectivity index (χ1) is 3.79. The van der Waals surface area contributed by atoms with Crippen LogP contribution in [0.1, 0.15) is 12.8 Å². The van der Waals surface area contributed by atoms with Crippen molar-refractivity contribution >= 4 is 22.6 Å². The molecule has 1 aliphatic rings. The number of ether oxygens (including phenoxy) is 1. The van der Waals surface area contributed by atoms with Gasteiger partial charge in [0.25, 0.3) is 0 Å². The quantitative estimate of drug-likeness (QED) is 0.493. The highest BCUT2D eigenvalue weighted by Gasteiger charge is 2.16. The highest BCUT2D eigenvalue weighted by molar-refractivity contribution is 14.1. The Balaban J connectivity index is 2.23. The van der Waals surface area contributed by atoms with E-state index in [9.17, 15) is 0 Å². The first kappa shape index (κ1) is 6.77. The Labute approximate surface area is 62.4 Å². The zero-order valence-electron chi connectivity index (χ0n) is 4.51. The Kier molecular flexibility index (Phi) is 2.52. The molecular weight excluding hydrogens is 219 g/mol. The van der Waals surface area contributed by atoms with Crippen LogP contribution in [0.3, 0.4) is 0 Å². The van der Waals surface area contributed by atoms with Crippen LogP contribution in [0.15, 0.2) is 0 Å². The van der Waals surface area contributed by atoms with E-state index >= 15 is 0 Å². The van der Waals surface area contributed by atoms with Crippen LogP contribution in [-0.2, 0) is 4.74 Å². The van der Waals surface area contributed by atoms with E-state index in [-0.39, 0.29) is 10.2 Å². The van der Waals surface area contributed by atoms with Crippen molar-refractivity contribution in [3.05, 3.63) is 0 Å². The molecule has 1 fully saturated rings. The van der Waals surface area contributed by atoms with Crippen LogP contribution in [-0.4, -0.2) is 21.9 Å². The number of rotatable bonds is 0. The maximum Gasteiger partial charge on any atom is 0.111 e. The van der Waals surface area contributed by atoms with Crippen molar-refractivity contribution in [1.29, 1.82) is 0 Å². The van der Waals surface area contributed by atoms with Crippen molar-refractivity contribution in [2.75, 3.05) is 6.61 Å². The van der Waals surface area contributed by atoms with E-state index < -0.39 is 0 Å². The number of alkyl halides is 1. The van der Waals surface area contributed by atoms with E-state index in [1.807, 2.05) is 0 Å². The van der Waals surface area contributed by atoms with Gasteiger partial charge in [0.1, 0.15) is 4.11 Å². The molecule has 1 aliphatic heterocycles. The Morgan fingerprint density at radius 1 is 1.62 bits per heavy atom. The van der Waals surface area contributed by atoms with Gasteiger partial charge in [0.2, 0.25) is 0 Å². The third-order valence-corrected chi connectivity index (χ3v) is 2.08. The van der Waals surface area contributed by atoms with E-state index in [1.54, 1.807) is 0 Å². The third kappa shape index (κ3) is 1.87. The lowest BCUT2D eigenvalue weighted by Gasteiger charge is -2.21. The molecule has 0 aromatic carbocycles. The molecule has 2 unspecified atom stereocenters. The maximum absolute atomic E-state index is 8.99. The lowest BCUT2D eigenvalue weighted by molar-refractivity contribution is 0.00474. The fourth-order valence-electron chi connectivity index (χ4n) is 0.732. The number of aliphatic hydroxyl groups is 1. The molecule has 1 saturated heterocycles. The van der Waals surface area contributed by atoms with Gasteiger partial charge in [-0.2, -0.15) is 0 Å². The summed E-state index contributed by atoms with van der Waals surface area (Å²) in [6.07, 6.45) is 1.48. The molecule has 2 atom stereocenters. The molecule has 2 nitrogen and oxygen atoms in total. The molecule has 0 amide bonds. The normalized spacial score (nSPS) is 39.8. The van der Waals surface area contributed by atoms with Crippen molar-refractivity contribution < 1.29 is 9.84 Å². The maximum atomic E-state index is 8.99. The summed E-state index contributed by atoms with van der Waals surface area (Å²) in [5, 5.41) is 8.99. The van der Waals surface area contributed by atoms with Crippen LogP contribution in [0.2, 0.25) is 0 Å². The smallest absolute Gasteiger partial charge is 0.111 e. The average Bonchev–Trinajstić information content (AvgIpc) is 1.64. The van der Waals surface area contributed by atoms with Crippen molar-refractivity contribution in [1.82, 2.24) is 0 Å². The molecule has 0 saturated carbocycles. The fourth-order valence-corrected chi connectivity index (χ4v) is 1.57. The van der Waals surface area contributed by atoms with Crippen molar-refractivity contribution in [2.24, 2.45) is 0 Å². The van der Waals surface area contributed by atoms with Gasteiger partial charge in [-0.25, -0.2) is 0 Å². The number of halogens is 1. The van der Waals surface area contributed by atoms with E-state index in [0.717, 1.165) is 19.4 Å². The van der Waals surface area contributed by atoms with Crippen LogP contribution in [0.25, 0.3) is 0 Å². The van der Waals surface area contributed by atoms with Crippen LogP contribution in [0.4, 0.5) is 0 Å². The highest BCUT2D eigenvalue weighted by atomic mass is 127. The van der Waals surface area contributed by atoms with Gasteiger partial charge in [0.05, 0.1) is 12.7 Å². The second-order valence-electron chi connectivity index (χ2n) is 1.96. The van der Waals surface area contributed by atoms with Crippen molar-refractivity contribution in [3.8, 4) is 0 Å². The predicted molar refractivity (Wildman–Crippen MR) is 39.0 cm³/mol. The van der Waals surface area contributed by atoms with Crippen LogP contribution in [0, 0.1) is 0 Å². The molecular formula is C5H9IO2. The summed E-state index contributed by atoms with van der Waals surface area (Å²) in [5.41, 5.74) is 0. The van der Waals surface area contributed by atoms with E-state index in [4.69, 9.17) is 9.84 Å². The molecule has 0 aromatic heterocycles. The Morgan fingerprint density at radius 2 is 2.38 bits per heavy atom. The van der Waals surface area contributed by atoms with Gasteiger partial charge in [-0.05, 0) is 6.42 Å². The topological polar surface area (TPSA) is 29.5 Å². The van der Waals surface area contributed by atoms with Crippen molar-refractivity contribution in [3.63, 3.8) is 0 Å². The van der Waals surface area contributed by atoms with Gasteiger partial charge in [0, 0.05) is 6.42 Å². The van der Waals surface area contributed by atoms with E-state index in [1.165, 1.54) is 0 Å². The van der Waals surface area contributed by atoms with Gasteiger partial charge >= 0.3 is 0 Å². The monoisotopic (exact) mass is 228 g/mol. The number of hydrogen-bond donors (Lipinski definition) is 1. The summed E-state index contributed by atoms with van der Waals surface area (Å²) in [6, 6.07) is 0. The molecule has 0 bridgehead atoms. The van der Waals surface area contributed by atoms with Gasteiger partial charge in [-0.3, -0.25) is 0 Å². The molecule has 48 valence electrons. The molecule has 8 heavy (non-hydrogen) atoms. The molecule has 0 aliphatic carbocycles. The Bertz CT molecular complexity index is 68.8. The second kappa shape index (κ2) is 2.98. The van der Waals surface area contributed by atoms with Crippen LogP contribution < -0.4 is 0 Å². The lowest BCUT2D eigenvalue weighted by atomic mass is 10.2. The minimum absolute atomic E-state index is 0.120. The summed E-state index contributed by atoms with van der Waals surface area (Å²) in [7, 11) is 0. The van der Waals surface area contributed by atoms with Crippen molar-refractivity contribution in [2.45, 2.75) is 23.1 Å². The number of aliphatic hydroxyl groups excluding tert-OH is 1. The summed E-state index contributed by atoms with van der Waals surface area (Å²) >= 11 is 2.19. The summed E-state index contributed by atoms with van der Waals surface area (Å²) in [4.78, 5) is 0. The molecule has 0 radical (unpaired) electrons. The standard InChI is InChI=1S/C5H9IO2/c6-5-3-4(7)1-2-8-5/h4-5,7H,1-3H2. The summed E-state index contributed by atoms with van der Waals surface area (Å²) < 4.78 is 5.41. The van der Waals surface area contributed by atoms with Gasteiger partial charge in [-0.15, -0.1) is 0 Å². The Hall–Kier alpha value is 0.650. The third-order valence-electron chi connectivity index (χ3n) is 1.21. The van der Waals surface area contributed by atoms with Crippen LogP contribution in [0.5, 0.6) is 0 Å². The fraction of sp³-hybridized carbons (Fsp3) is 1.00. The molecule has 0 aromatic rings. The Morgan fingerprint density at radius 3 is 2.75 bits per heavy atom. The SMILES string of the molecule is OC1CCOC(I)C1. The van der Waals surface area contributed by atoms with E-state index in [2.05, 4.69) is 22.6 Å². The minimum atomic E-state index is -0.120. The zero-order valence-corrected chi connectivity index (χ0v) is 6.67. The van der Waals surface area contributed by atoms with E-state index in [0.29, 0.717) is 0 Å². The summed E-state index contributed by atoms with van der Waals surface area (Å²) in [5.74, 6) is 0. The summed E-state index contributed by atoms with van der Waals surface area (Å²) in [6.45, 7) is 0.717. The highest BCUT2D eigenvalue weighted by Crippen LogP contribution is 2.17. The molecule has 1 rings (SSSR count). The minimum Gasteiger partial charge on any atom is -0.393 e. The first-order valence-electron chi connectivity index (χ1n) is 2.73. The molecule has 0 spiro atoms.